The van der Waals surface area contributed by atoms with Crippen LogP contribution in [0.25, 0.3) is 0 Å². The maximum atomic E-state index is 13.3. The summed E-state index contributed by atoms with van der Waals surface area (Å²) in [7, 11) is 0. The highest BCUT2D eigenvalue weighted by atomic mass is 19.1. The Bertz CT molecular complexity index is 1310. The number of benzene rings is 3. The molecule has 0 bridgehead atoms. The lowest BCUT2D eigenvalue weighted by molar-refractivity contribution is -0.133. The smallest absolute Gasteiger partial charge is 0.325 e. The van der Waals surface area contributed by atoms with Gasteiger partial charge in [-0.2, -0.15) is 0 Å². The normalized spacial score (nSPS) is 17.9. The van der Waals surface area contributed by atoms with Gasteiger partial charge in [0.15, 0.2) is 0 Å². The molecular formula is C27H25FN4O4. The number of hydrogen-bond donors (Lipinski definition) is 3. The second-order valence-electron chi connectivity index (χ2n) is 8.65. The molecule has 2 unspecified atom stereocenters. The van der Waals surface area contributed by atoms with E-state index in [9.17, 15) is 23.6 Å². The molecule has 1 aliphatic heterocycles. The zero-order valence-corrected chi connectivity index (χ0v) is 19.7. The average molecular weight is 489 g/mol. The molecule has 1 heterocycles. The molecule has 0 aromatic heterocycles. The molecule has 0 spiro atoms. The van der Waals surface area contributed by atoms with E-state index in [0.717, 1.165) is 10.5 Å². The summed E-state index contributed by atoms with van der Waals surface area (Å²) < 4.78 is 13.3. The number of urea groups is 1. The number of carbonyl (C=O) groups excluding carboxylic acids is 4. The fourth-order valence-corrected chi connectivity index (χ4v) is 4.04. The van der Waals surface area contributed by atoms with Gasteiger partial charge >= 0.3 is 6.03 Å². The number of halogens is 1. The molecule has 3 N–H and O–H groups in total. The van der Waals surface area contributed by atoms with Gasteiger partial charge in [-0.15, -0.1) is 0 Å². The van der Waals surface area contributed by atoms with Crippen LogP contribution in [-0.2, 0) is 15.1 Å². The van der Waals surface area contributed by atoms with Crippen LogP contribution in [0, 0.1) is 5.82 Å². The number of nitrogens with one attached hydrogen (secondary N) is 3. The molecule has 2 atom stereocenters. The highest BCUT2D eigenvalue weighted by Gasteiger charge is 2.49. The fourth-order valence-electron chi connectivity index (χ4n) is 4.04. The molecule has 1 fully saturated rings. The minimum atomic E-state index is -1.43. The second kappa shape index (κ2) is 9.99. The van der Waals surface area contributed by atoms with E-state index in [2.05, 4.69) is 16.0 Å². The lowest BCUT2D eigenvalue weighted by Crippen LogP contribution is -2.42. The first-order chi connectivity index (χ1) is 17.2. The first-order valence-corrected chi connectivity index (χ1v) is 11.3. The number of amides is 5. The van der Waals surface area contributed by atoms with E-state index in [-0.39, 0.29) is 23.2 Å². The third kappa shape index (κ3) is 4.95. The zero-order valence-electron chi connectivity index (χ0n) is 19.7. The fraction of sp³-hybridized carbons (Fsp3) is 0.185. The van der Waals surface area contributed by atoms with Gasteiger partial charge in [0.25, 0.3) is 11.8 Å². The van der Waals surface area contributed by atoms with Crippen molar-refractivity contribution < 1.29 is 23.6 Å². The van der Waals surface area contributed by atoms with Gasteiger partial charge in [0.2, 0.25) is 5.91 Å². The van der Waals surface area contributed by atoms with Crippen molar-refractivity contribution in [3.8, 4) is 0 Å². The Morgan fingerprint density at radius 2 is 1.61 bits per heavy atom. The van der Waals surface area contributed by atoms with Gasteiger partial charge in [0.1, 0.15) is 17.9 Å². The van der Waals surface area contributed by atoms with Crippen molar-refractivity contribution in [1.29, 1.82) is 0 Å². The monoisotopic (exact) mass is 488 g/mol. The predicted molar refractivity (Wildman–Crippen MR) is 131 cm³/mol. The SMILES string of the molecule is CC(NC(=O)c1ccccc1NC(=O)CN1C(=O)NC(C)(c2ccc(F)cc2)C1=O)c1ccccc1. The van der Waals surface area contributed by atoms with Gasteiger partial charge in [0, 0.05) is 0 Å². The number of para-hydroxylation sites is 1. The van der Waals surface area contributed by atoms with Gasteiger partial charge in [-0.1, -0.05) is 54.6 Å². The molecule has 1 saturated heterocycles. The van der Waals surface area contributed by atoms with E-state index in [0.29, 0.717) is 5.56 Å². The van der Waals surface area contributed by atoms with Gasteiger partial charge < -0.3 is 16.0 Å². The quantitative estimate of drug-likeness (QED) is 0.441. The Balaban J connectivity index is 1.45. The third-order valence-electron chi connectivity index (χ3n) is 6.09. The van der Waals surface area contributed by atoms with E-state index >= 15 is 0 Å². The molecule has 4 rings (SSSR count). The van der Waals surface area contributed by atoms with Crippen molar-refractivity contribution in [2.45, 2.75) is 25.4 Å². The van der Waals surface area contributed by atoms with E-state index in [4.69, 9.17) is 0 Å². The Kier molecular flexibility index (Phi) is 6.82. The Morgan fingerprint density at radius 3 is 2.31 bits per heavy atom. The Morgan fingerprint density at radius 1 is 0.972 bits per heavy atom. The summed E-state index contributed by atoms with van der Waals surface area (Å²) in [5.74, 6) is -2.16. The first-order valence-electron chi connectivity index (χ1n) is 11.3. The van der Waals surface area contributed by atoms with Crippen molar-refractivity contribution in [2.24, 2.45) is 0 Å². The minimum Gasteiger partial charge on any atom is -0.345 e. The number of nitrogens with zero attached hydrogens (tertiary/aromatic N) is 1. The Labute approximate surface area is 207 Å². The van der Waals surface area contributed by atoms with Gasteiger partial charge in [0.05, 0.1) is 17.3 Å². The first kappa shape index (κ1) is 24.6. The summed E-state index contributed by atoms with van der Waals surface area (Å²) in [6.07, 6.45) is 0. The van der Waals surface area contributed by atoms with Crippen LogP contribution < -0.4 is 16.0 Å². The van der Waals surface area contributed by atoms with Crippen molar-refractivity contribution >= 4 is 29.4 Å². The Hall–Kier alpha value is -4.53. The van der Waals surface area contributed by atoms with E-state index < -0.39 is 35.7 Å². The number of carbonyl (C=O) groups is 4. The summed E-state index contributed by atoms with van der Waals surface area (Å²) in [6, 6.07) is 20.1. The van der Waals surface area contributed by atoms with Crippen LogP contribution >= 0.6 is 0 Å². The number of hydrogen-bond acceptors (Lipinski definition) is 4. The molecule has 3 aromatic rings. The molecule has 0 radical (unpaired) electrons. The molecule has 3 aromatic carbocycles. The van der Waals surface area contributed by atoms with Gasteiger partial charge in [-0.05, 0) is 49.2 Å². The molecular weight excluding hydrogens is 463 g/mol. The van der Waals surface area contributed by atoms with Gasteiger partial charge in [-0.3, -0.25) is 19.3 Å². The van der Waals surface area contributed by atoms with E-state index in [1.165, 1.54) is 31.2 Å². The minimum absolute atomic E-state index is 0.238. The molecule has 36 heavy (non-hydrogen) atoms. The maximum absolute atomic E-state index is 13.3. The van der Waals surface area contributed by atoms with Crippen molar-refractivity contribution in [3.63, 3.8) is 0 Å². The standard InChI is InChI=1S/C27H25FN4O4/c1-17(18-8-4-3-5-9-18)29-24(34)21-10-6-7-11-22(21)30-23(33)16-32-25(35)27(2,31-26(32)36)19-12-14-20(28)15-13-19/h3-15,17H,16H2,1-2H3,(H,29,34)(H,30,33)(H,31,36). The lowest BCUT2D eigenvalue weighted by atomic mass is 9.92. The van der Waals surface area contributed by atoms with Crippen LogP contribution in [-0.4, -0.2) is 35.2 Å². The lowest BCUT2D eigenvalue weighted by Gasteiger charge is -2.22. The molecule has 0 aliphatic carbocycles. The second-order valence-corrected chi connectivity index (χ2v) is 8.65. The topological polar surface area (TPSA) is 108 Å². The van der Waals surface area contributed by atoms with Crippen LogP contribution in [0.15, 0.2) is 78.9 Å². The van der Waals surface area contributed by atoms with Crippen LogP contribution in [0.3, 0.4) is 0 Å². The van der Waals surface area contributed by atoms with Crippen LogP contribution in [0.5, 0.6) is 0 Å². The molecule has 0 saturated carbocycles. The van der Waals surface area contributed by atoms with Gasteiger partial charge in [-0.25, -0.2) is 9.18 Å². The summed E-state index contributed by atoms with van der Waals surface area (Å²) >= 11 is 0. The molecule has 9 heteroatoms. The highest BCUT2D eigenvalue weighted by Crippen LogP contribution is 2.29. The summed E-state index contributed by atoms with van der Waals surface area (Å²) in [4.78, 5) is 52.1. The van der Waals surface area contributed by atoms with Crippen LogP contribution in [0.4, 0.5) is 14.9 Å². The van der Waals surface area contributed by atoms with Crippen LogP contribution in [0.2, 0.25) is 0 Å². The zero-order chi connectivity index (χ0) is 25.9. The highest BCUT2D eigenvalue weighted by molar-refractivity contribution is 6.11. The number of anilines is 1. The molecule has 184 valence electrons. The summed E-state index contributed by atoms with van der Waals surface area (Å²) in [5, 5.41) is 8.10. The molecule has 8 nitrogen and oxygen atoms in total. The summed E-state index contributed by atoms with van der Waals surface area (Å²) in [6.45, 7) is 2.79. The van der Waals surface area contributed by atoms with Crippen LogP contribution in [0.1, 0.15) is 41.4 Å². The van der Waals surface area contributed by atoms with Crippen molar-refractivity contribution in [2.75, 3.05) is 11.9 Å². The summed E-state index contributed by atoms with van der Waals surface area (Å²) in [5.41, 5.74) is 0.363. The number of rotatable bonds is 7. The average Bonchev–Trinajstić information content (AvgIpc) is 3.08. The molecule has 5 amide bonds. The molecule has 1 aliphatic rings. The largest absolute Gasteiger partial charge is 0.345 e. The van der Waals surface area contributed by atoms with Crippen molar-refractivity contribution in [3.05, 3.63) is 101 Å². The van der Waals surface area contributed by atoms with E-state index in [1.807, 2.05) is 37.3 Å². The number of imide groups is 1. The predicted octanol–water partition coefficient (Wildman–Crippen LogP) is 3.72. The maximum Gasteiger partial charge on any atom is 0.325 e. The third-order valence-corrected chi connectivity index (χ3v) is 6.09. The van der Waals surface area contributed by atoms with Crippen molar-refractivity contribution in [1.82, 2.24) is 15.5 Å². The van der Waals surface area contributed by atoms with E-state index in [1.54, 1.807) is 24.3 Å².